The standard InChI is InChI=1S/C19H26F4N4O/c1-10(19(21,22)23)6-9-15-25-17(13-4-3-5-14(28)16(13)20)27-18(26-15)24-11(2)12-7-8-12/h10-12,14,28H,3-9H2,1-2H3,(H,24,25,26,27)/t10-,11-,14?/m0/s1. The molecule has 5 nitrogen and oxygen atoms in total. The SMILES string of the molecule is C[C@H](Nc1nc(CC[C@H](C)C(F)(F)F)nc(C2=C(F)C(O)CCC2)n1)C1CC1. The fourth-order valence-corrected chi connectivity index (χ4v) is 3.30. The predicted octanol–water partition coefficient (Wildman–Crippen LogP) is 4.44. The van der Waals surface area contributed by atoms with Crippen LogP contribution in [-0.4, -0.2) is 38.4 Å². The summed E-state index contributed by atoms with van der Waals surface area (Å²) in [5.41, 5.74) is 0.216. The maximum absolute atomic E-state index is 14.4. The summed E-state index contributed by atoms with van der Waals surface area (Å²) >= 11 is 0. The van der Waals surface area contributed by atoms with E-state index in [4.69, 9.17) is 0 Å². The summed E-state index contributed by atoms with van der Waals surface area (Å²) in [6.45, 7) is 3.12. The van der Waals surface area contributed by atoms with Gasteiger partial charge >= 0.3 is 6.18 Å². The molecule has 0 amide bonds. The number of hydrogen-bond acceptors (Lipinski definition) is 5. The number of aliphatic hydroxyl groups is 1. The monoisotopic (exact) mass is 402 g/mol. The normalized spacial score (nSPS) is 22.9. The Morgan fingerprint density at radius 3 is 2.50 bits per heavy atom. The van der Waals surface area contributed by atoms with E-state index in [-0.39, 0.29) is 42.1 Å². The Morgan fingerprint density at radius 2 is 1.86 bits per heavy atom. The quantitative estimate of drug-likeness (QED) is 0.660. The predicted molar refractivity (Wildman–Crippen MR) is 97.1 cm³/mol. The molecule has 0 spiro atoms. The van der Waals surface area contributed by atoms with Crippen LogP contribution >= 0.6 is 0 Å². The lowest BCUT2D eigenvalue weighted by Crippen LogP contribution is -2.23. The fourth-order valence-electron chi connectivity index (χ4n) is 3.30. The number of halogens is 4. The Labute approximate surface area is 161 Å². The molecule has 0 aromatic carbocycles. The third-order valence-electron chi connectivity index (χ3n) is 5.48. The van der Waals surface area contributed by atoms with Crippen LogP contribution in [0.15, 0.2) is 5.83 Å². The number of aryl methyl sites for hydroxylation is 1. The van der Waals surface area contributed by atoms with E-state index in [1.807, 2.05) is 6.92 Å². The molecule has 2 aliphatic rings. The van der Waals surface area contributed by atoms with Crippen molar-refractivity contribution in [1.29, 1.82) is 0 Å². The van der Waals surface area contributed by atoms with Gasteiger partial charge in [0.25, 0.3) is 0 Å². The Kier molecular flexibility index (Phi) is 6.21. The molecule has 156 valence electrons. The van der Waals surface area contributed by atoms with Gasteiger partial charge in [0.1, 0.15) is 17.8 Å². The number of rotatable bonds is 7. The Bertz CT molecular complexity index is 733. The number of alkyl halides is 3. The zero-order valence-corrected chi connectivity index (χ0v) is 16.1. The number of aromatic nitrogens is 3. The minimum Gasteiger partial charge on any atom is -0.386 e. The van der Waals surface area contributed by atoms with E-state index in [1.165, 1.54) is 0 Å². The number of nitrogens with one attached hydrogen (secondary N) is 1. The first-order chi connectivity index (χ1) is 13.1. The van der Waals surface area contributed by atoms with E-state index < -0.39 is 24.0 Å². The van der Waals surface area contributed by atoms with Crippen LogP contribution < -0.4 is 5.32 Å². The van der Waals surface area contributed by atoms with Crippen molar-refractivity contribution in [2.75, 3.05) is 5.32 Å². The first-order valence-electron chi connectivity index (χ1n) is 9.80. The van der Waals surface area contributed by atoms with Crippen molar-refractivity contribution in [2.24, 2.45) is 11.8 Å². The van der Waals surface area contributed by atoms with Gasteiger partial charge in [-0.25, -0.2) is 9.37 Å². The van der Waals surface area contributed by atoms with Crippen LogP contribution in [0.4, 0.5) is 23.5 Å². The van der Waals surface area contributed by atoms with Gasteiger partial charge in [-0.05, 0) is 51.4 Å². The second kappa shape index (κ2) is 8.31. The van der Waals surface area contributed by atoms with Gasteiger partial charge in [-0.3, -0.25) is 0 Å². The summed E-state index contributed by atoms with van der Waals surface area (Å²) in [5, 5.41) is 13.0. The van der Waals surface area contributed by atoms with Crippen LogP contribution in [0.5, 0.6) is 0 Å². The van der Waals surface area contributed by atoms with Crippen molar-refractivity contribution >= 4 is 11.5 Å². The molecule has 3 rings (SSSR count). The van der Waals surface area contributed by atoms with Crippen LogP contribution in [0.2, 0.25) is 0 Å². The molecule has 0 aliphatic heterocycles. The summed E-state index contributed by atoms with van der Waals surface area (Å²) < 4.78 is 52.9. The highest BCUT2D eigenvalue weighted by Crippen LogP contribution is 2.35. The number of hydrogen-bond donors (Lipinski definition) is 2. The summed E-state index contributed by atoms with van der Waals surface area (Å²) in [6, 6.07) is 0.118. The van der Waals surface area contributed by atoms with E-state index in [0.717, 1.165) is 19.8 Å². The molecule has 0 bridgehead atoms. The van der Waals surface area contributed by atoms with Crippen LogP contribution in [0.3, 0.4) is 0 Å². The third-order valence-corrected chi connectivity index (χ3v) is 5.48. The fraction of sp³-hybridized carbons (Fsp3) is 0.737. The number of anilines is 1. The van der Waals surface area contributed by atoms with Gasteiger partial charge in [-0.2, -0.15) is 23.1 Å². The van der Waals surface area contributed by atoms with Gasteiger partial charge in [-0.1, -0.05) is 6.92 Å². The maximum Gasteiger partial charge on any atom is 0.391 e. The average molecular weight is 402 g/mol. The molecule has 1 saturated carbocycles. The lowest BCUT2D eigenvalue weighted by atomic mass is 9.95. The summed E-state index contributed by atoms with van der Waals surface area (Å²) in [5.74, 6) is -1.07. The van der Waals surface area contributed by atoms with Crippen molar-refractivity contribution in [3.05, 3.63) is 17.5 Å². The molecule has 2 aliphatic carbocycles. The second-order valence-electron chi connectivity index (χ2n) is 7.89. The molecule has 2 N–H and O–H groups in total. The van der Waals surface area contributed by atoms with Gasteiger partial charge in [0.2, 0.25) is 5.95 Å². The third kappa shape index (κ3) is 5.18. The highest BCUT2D eigenvalue weighted by molar-refractivity contribution is 5.64. The average Bonchev–Trinajstić information content (AvgIpc) is 3.46. The minimum absolute atomic E-state index is 0.0140. The highest BCUT2D eigenvalue weighted by atomic mass is 19.4. The first kappa shape index (κ1) is 21.0. The van der Waals surface area contributed by atoms with Crippen LogP contribution in [0, 0.1) is 11.8 Å². The zero-order valence-electron chi connectivity index (χ0n) is 16.1. The van der Waals surface area contributed by atoms with Crippen molar-refractivity contribution in [3.8, 4) is 0 Å². The lowest BCUT2D eigenvalue weighted by molar-refractivity contribution is -0.171. The van der Waals surface area contributed by atoms with Crippen LogP contribution in [0.25, 0.3) is 5.57 Å². The molecule has 1 aromatic rings. The molecule has 1 unspecified atom stereocenters. The van der Waals surface area contributed by atoms with Crippen molar-refractivity contribution < 1.29 is 22.7 Å². The van der Waals surface area contributed by atoms with Crippen molar-refractivity contribution in [1.82, 2.24) is 15.0 Å². The van der Waals surface area contributed by atoms with E-state index in [0.29, 0.717) is 25.2 Å². The van der Waals surface area contributed by atoms with Gasteiger partial charge < -0.3 is 10.4 Å². The van der Waals surface area contributed by atoms with E-state index >= 15 is 0 Å². The first-order valence-corrected chi connectivity index (χ1v) is 9.80. The maximum atomic E-state index is 14.4. The number of allylic oxidation sites excluding steroid dienone is 1. The highest BCUT2D eigenvalue weighted by Gasteiger charge is 2.35. The molecule has 9 heteroatoms. The molecule has 1 heterocycles. The molecular formula is C19H26F4N4O. The lowest BCUT2D eigenvalue weighted by Gasteiger charge is -2.20. The Hall–Kier alpha value is -1.77. The molecule has 1 aromatic heterocycles. The van der Waals surface area contributed by atoms with E-state index in [2.05, 4.69) is 20.3 Å². The number of nitrogens with zero attached hydrogens (tertiary/aromatic N) is 3. The summed E-state index contributed by atoms with van der Waals surface area (Å²) in [7, 11) is 0. The zero-order chi connectivity index (χ0) is 20.5. The van der Waals surface area contributed by atoms with Gasteiger partial charge in [-0.15, -0.1) is 0 Å². The summed E-state index contributed by atoms with van der Waals surface area (Å²) in [4.78, 5) is 12.8. The molecule has 28 heavy (non-hydrogen) atoms. The summed E-state index contributed by atoms with van der Waals surface area (Å²) in [6.07, 6.45) is -2.09. The molecule has 1 fully saturated rings. The van der Waals surface area contributed by atoms with Gasteiger partial charge in [0.05, 0.1) is 5.92 Å². The van der Waals surface area contributed by atoms with Crippen molar-refractivity contribution in [3.63, 3.8) is 0 Å². The largest absolute Gasteiger partial charge is 0.391 e. The van der Waals surface area contributed by atoms with E-state index in [1.54, 1.807) is 0 Å². The van der Waals surface area contributed by atoms with Crippen LogP contribution in [-0.2, 0) is 6.42 Å². The van der Waals surface area contributed by atoms with E-state index in [9.17, 15) is 22.7 Å². The van der Waals surface area contributed by atoms with Gasteiger partial charge in [0, 0.05) is 18.0 Å². The molecule has 3 atom stereocenters. The van der Waals surface area contributed by atoms with Gasteiger partial charge in [0.15, 0.2) is 5.82 Å². The Balaban J connectivity index is 1.86. The molecule has 0 saturated heterocycles. The smallest absolute Gasteiger partial charge is 0.386 e. The van der Waals surface area contributed by atoms with Crippen molar-refractivity contribution in [2.45, 2.75) is 77.1 Å². The topological polar surface area (TPSA) is 70.9 Å². The Morgan fingerprint density at radius 1 is 1.14 bits per heavy atom. The minimum atomic E-state index is -4.28. The molecule has 0 radical (unpaired) electrons. The number of aliphatic hydroxyl groups excluding tert-OH is 1. The second-order valence-corrected chi connectivity index (χ2v) is 7.89. The van der Waals surface area contributed by atoms with Crippen LogP contribution in [0.1, 0.15) is 64.0 Å². The molecular weight excluding hydrogens is 376 g/mol.